The molecular formula is C19H25ClN4. The van der Waals surface area contributed by atoms with Crippen LogP contribution in [-0.2, 0) is 0 Å². The van der Waals surface area contributed by atoms with Gasteiger partial charge in [0.1, 0.15) is 0 Å². The highest BCUT2D eigenvalue weighted by Crippen LogP contribution is 2.35. The van der Waals surface area contributed by atoms with Crippen LogP contribution in [0.1, 0.15) is 49.0 Å². The average Bonchev–Trinajstić information content (AvgIpc) is 2.63. The Morgan fingerprint density at radius 2 is 1.92 bits per heavy atom. The summed E-state index contributed by atoms with van der Waals surface area (Å²) in [4.78, 5) is 4.64. The van der Waals surface area contributed by atoms with Gasteiger partial charge in [-0.1, -0.05) is 73.5 Å². The first-order valence-corrected chi connectivity index (χ1v) is 8.67. The molecule has 0 saturated carbocycles. The van der Waals surface area contributed by atoms with Crippen LogP contribution in [0, 0.1) is 6.92 Å². The average molecular weight is 345 g/mol. The quantitative estimate of drug-likeness (QED) is 0.563. The van der Waals surface area contributed by atoms with Crippen LogP contribution in [0.15, 0.2) is 53.5 Å². The van der Waals surface area contributed by atoms with E-state index in [0.29, 0.717) is 5.96 Å². The van der Waals surface area contributed by atoms with E-state index in [9.17, 15) is 0 Å². The van der Waals surface area contributed by atoms with Crippen molar-refractivity contribution < 1.29 is 0 Å². The molecule has 2 unspecified atom stereocenters. The Bertz CT molecular complexity index is 699. The number of hydrogen-bond donors (Lipinski definition) is 3. The molecule has 1 heterocycles. The summed E-state index contributed by atoms with van der Waals surface area (Å²) in [6.07, 6.45) is 0.832. The molecule has 0 bridgehead atoms. The number of aryl methyl sites for hydroxylation is 1. The molecule has 2 aromatic rings. The van der Waals surface area contributed by atoms with E-state index in [1.165, 1.54) is 11.1 Å². The molecule has 0 saturated heterocycles. The molecule has 0 spiro atoms. The van der Waals surface area contributed by atoms with E-state index in [2.05, 4.69) is 46.9 Å². The fourth-order valence-electron chi connectivity index (χ4n) is 2.82. The molecule has 2 atom stereocenters. The molecule has 4 N–H and O–H groups in total. The van der Waals surface area contributed by atoms with Crippen molar-refractivity contribution in [3.63, 3.8) is 0 Å². The monoisotopic (exact) mass is 344 g/mol. The number of nitrogens with zero attached hydrogens (tertiary/aromatic N) is 1. The van der Waals surface area contributed by atoms with Crippen molar-refractivity contribution in [1.82, 2.24) is 10.7 Å². The highest BCUT2D eigenvalue weighted by atomic mass is 35.5. The Morgan fingerprint density at radius 1 is 1.17 bits per heavy atom. The molecule has 0 fully saturated rings. The van der Waals surface area contributed by atoms with Crippen LogP contribution in [0.3, 0.4) is 0 Å². The normalized spacial score (nSPS) is 19.5. The summed E-state index contributed by atoms with van der Waals surface area (Å²) < 4.78 is 0. The number of hydrazine groups is 1. The summed E-state index contributed by atoms with van der Waals surface area (Å²) in [5.74, 6) is 6.16. The SMILES string of the molecule is CC.Cc1cccc(C2CC(c3ccccc3Cl)NC(NN)=N2)c1. The Hall–Kier alpha value is -2.04. The molecule has 1 aliphatic rings. The van der Waals surface area contributed by atoms with Gasteiger partial charge in [-0.05, 0) is 30.5 Å². The van der Waals surface area contributed by atoms with E-state index in [-0.39, 0.29) is 12.1 Å². The topological polar surface area (TPSA) is 62.4 Å². The van der Waals surface area contributed by atoms with Gasteiger partial charge in [-0.25, -0.2) is 10.8 Å². The zero-order valence-corrected chi connectivity index (χ0v) is 15.1. The first-order valence-electron chi connectivity index (χ1n) is 8.29. The summed E-state index contributed by atoms with van der Waals surface area (Å²) >= 11 is 6.34. The molecular weight excluding hydrogens is 320 g/mol. The third kappa shape index (κ3) is 4.28. The maximum atomic E-state index is 6.34. The Balaban J connectivity index is 0.00000100. The molecule has 3 rings (SSSR count). The van der Waals surface area contributed by atoms with Crippen LogP contribution >= 0.6 is 11.6 Å². The first-order chi connectivity index (χ1) is 11.7. The zero-order chi connectivity index (χ0) is 17.5. The number of nitrogens with two attached hydrogens (primary N) is 1. The molecule has 0 radical (unpaired) electrons. The lowest BCUT2D eigenvalue weighted by molar-refractivity contribution is 0.479. The van der Waals surface area contributed by atoms with Crippen LogP contribution in [0.4, 0.5) is 0 Å². The molecule has 24 heavy (non-hydrogen) atoms. The fraction of sp³-hybridized carbons (Fsp3) is 0.316. The number of guanidine groups is 1. The predicted octanol–water partition coefficient (Wildman–Crippen LogP) is 4.27. The third-order valence-electron chi connectivity index (χ3n) is 3.90. The highest BCUT2D eigenvalue weighted by molar-refractivity contribution is 6.31. The van der Waals surface area contributed by atoms with Gasteiger partial charge in [0.25, 0.3) is 0 Å². The van der Waals surface area contributed by atoms with Crippen molar-refractivity contribution in [2.45, 2.75) is 39.3 Å². The second kappa shape index (κ2) is 8.71. The minimum atomic E-state index is 0.0495. The molecule has 0 aliphatic carbocycles. The molecule has 2 aromatic carbocycles. The lowest BCUT2D eigenvalue weighted by Crippen LogP contribution is -2.46. The van der Waals surface area contributed by atoms with Gasteiger partial charge < -0.3 is 5.32 Å². The van der Waals surface area contributed by atoms with E-state index < -0.39 is 0 Å². The van der Waals surface area contributed by atoms with Crippen LogP contribution in [0.25, 0.3) is 0 Å². The number of rotatable bonds is 2. The minimum absolute atomic E-state index is 0.0495. The van der Waals surface area contributed by atoms with E-state index in [4.69, 9.17) is 17.4 Å². The molecule has 0 aromatic heterocycles. The molecule has 5 heteroatoms. The highest BCUT2D eigenvalue weighted by Gasteiger charge is 2.26. The maximum absolute atomic E-state index is 6.34. The van der Waals surface area contributed by atoms with E-state index >= 15 is 0 Å². The summed E-state index contributed by atoms with van der Waals surface area (Å²) in [6.45, 7) is 6.09. The van der Waals surface area contributed by atoms with Gasteiger partial charge in [-0.15, -0.1) is 0 Å². The van der Waals surface area contributed by atoms with Gasteiger partial charge in [0, 0.05) is 5.02 Å². The molecule has 1 aliphatic heterocycles. The number of halogens is 1. The summed E-state index contributed by atoms with van der Waals surface area (Å²) in [6, 6.07) is 16.4. The van der Waals surface area contributed by atoms with Gasteiger partial charge in [-0.2, -0.15) is 0 Å². The van der Waals surface area contributed by atoms with Crippen LogP contribution in [0.2, 0.25) is 5.02 Å². The van der Waals surface area contributed by atoms with Crippen molar-refractivity contribution in [2.75, 3.05) is 0 Å². The standard InChI is InChI=1S/C17H19ClN4.C2H6/c1-11-5-4-6-12(9-11)15-10-16(21-17(20-15)22-19)13-7-2-3-8-14(13)18;1-2/h2-9,15-16H,10,19H2,1H3,(H2,20,21,22);1-2H3. The minimum Gasteiger partial charge on any atom is -0.348 e. The van der Waals surface area contributed by atoms with E-state index in [1.54, 1.807) is 0 Å². The Labute approximate surface area is 149 Å². The second-order valence-corrected chi connectivity index (χ2v) is 5.91. The summed E-state index contributed by atoms with van der Waals surface area (Å²) in [5.41, 5.74) is 6.10. The number of nitrogens with one attached hydrogen (secondary N) is 2. The summed E-state index contributed by atoms with van der Waals surface area (Å²) in [7, 11) is 0. The van der Waals surface area contributed by atoms with Gasteiger partial charge >= 0.3 is 0 Å². The molecule has 128 valence electrons. The number of benzene rings is 2. The number of aliphatic imine (C=N–C) groups is 1. The molecule has 4 nitrogen and oxygen atoms in total. The molecule has 0 amide bonds. The van der Waals surface area contributed by atoms with E-state index in [1.807, 2.05) is 38.1 Å². The van der Waals surface area contributed by atoms with Crippen molar-refractivity contribution in [1.29, 1.82) is 0 Å². The van der Waals surface area contributed by atoms with Crippen molar-refractivity contribution in [2.24, 2.45) is 10.8 Å². The van der Waals surface area contributed by atoms with Crippen molar-refractivity contribution in [3.8, 4) is 0 Å². The summed E-state index contributed by atoms with van der Waals surface area (Å²) in [5, 5.41) is 4.06. The smallest absolute Gasteiger partial charge is 0.206 e. The lowest BCUT2D eigenvalue weighted by Gasteiger charge is -2.30. The van der Waals surface area contributed by atoms with Gasteiger partial charge in [0.05, 0.1) is 12.1 Å². The van der Waals surface area contributed by atoms with Crippen molar-refractivity contribution in [3.05, 3.63) is 70.2 Å². The lowest BCUT2D eigenvalue weighted by atomic mass is 9.93. The van der Waals surface area contributed by atoms with Crippen LogP contribution < -0.4 is 16.6 Å². The van der Waals surface area contributed by atoms with Gasteiger partial charge in [-0.3, -0.25) is 5.43 Å². The zero-order valence-electron chi connectivity index (χ0n) is 14.4. The fourth-order valence-corrected chi connectivity index (χ4v) is 3.09. The van der Waals surface area contributed by atoms with Gasteiger partial charge in [0.15, 0.2) is 0 Å². The van der Waals surface area contributed by atoms with E-state index in [0.717, 1.165) is 17.0 Å². The van der Waals surface area contributed by atoms with Crippen LogP contribution in [-0.4, -0.2) is 5.96 Å². The van der Waals surface area contributed by atoms with Gasteiger partial charge in [0.2, 0.25) is 5.96 Å². The number of hydrogen-bond acceptors (Lipinski definition) is 4. The Morgan fingerprint density at radius 3 is 2.58 bits per heavy atom. The van der Waals surface area contributed by atoms with Crippen LogP contribution in [0.5, 0.6) is 0 Å². The largest absolute Gasteiger partial charge is 0.348 e. The first kappa shape index (κ1) is 18.3. The second-order valence-electron chi connectivity index (χ2n) is 5.51. The van der Waals surface area contributed by atoms with Crippen molar-refractivity contribution >= 4 is 17.6 Å². The maximum Gasteiger partial charge on any atom is 0.206 e. The predicted molar refractivity (Wildman–Crippen MR) is 102 cm³/mol. The third-order valence-corrected chi connectivity index (χ3v) is 4.24. The Kier molecular flexibility index (Phi) is 6.64.